The molecule has 0 aliphatic heterocycles. The highest BCUT2D eigenvalue weighted by molar-refractivity contribution is 5.55. The molecule has 0 saturated carbocycles. The number of pyridine rings is 1. The van der Waals surface area contributed by atoms with Crippen molar-refractivity contribution < 1.29 is 4.74 Å². The van der Waals surface area contributed by atoms with Gasteiger partial charge in [0.25, 0.3) is 5.95 Å². The number of aromatic nitrogens is 3. The van der Waals surface area contributed by atoms with E-state index in [1.807, 2.05) is 30.3 Å². The van der Waals surface area contributed by atoms with E-state index in [1.54, 1.807) is 18.3 Å². The minimum Gasteiger partial charge on any atom is -0.485 e. The van der Waals surface area contributed by atoms with Crippen LogP contribution >= 0.6 is 0 Å². The maximum absolute atomic E-state index is 10.6. The Morgan fingerprint density at radius 1 is 1.11 bits per heavy atom. The predicted octanol–water partition coefficient (Wildman–Crippen LogP) is 2.71. The highest BCUT2D eigenvalue weighted by atomic mass is 16.5. The van der Waals surface area contributed by atoms with E-state index < -0.39 is 0 Å². The zero-order valence-corrected chi connectivity index (χ0v) is 9.93. The first kappa shape index (κ1) is 11.3. The smallest absolute Gasteiger partial charge is 0.296 e. The highest BCUT2D eigenvalue weighted by Gasteiger charge is 2.10. The largest absolute Gasteiger partial charge is 0.485 e. The Morgan fingerprint density at radius 2 is 1.95 bits per heavy atom. The molecule has 0 bridgehead atoms. The maximum Gasteiger partial charge on any atom is 0.296 e. The second-order valence-corrected chi connectivity index (χ2v) is 3.93. The van der Waals surface area contributed by atoms with Crippen LogP contribution in [0.1, 0.15) is 5.56 Å². The molecule has 1 aromatic carbocycles. The van der Waals surface area contributed by atoms with E-state index in [0.717, 1.165) is 5.56 Å². The van der Waals surface area contributed by atoms with Crippen LogP contribution in [0, 0.1) is 4.91 Å². The summed E-state index contributed by atoms with van der Waals surface area (Å²) in [4.78, 5) is 10.6. The molecule has 0 aliphatic rings. The van der Waals surface area contributed by atoms with Gasteiger partial charge in [0.2, 0.25) is 5.65 Å². The van der Waals surface area contributed by atoms with Gasteiger partial charge in [0.15, 0.2) is 5.75 Å². The SMILES string of the molecule is O=Nc1nnc2c(OCc3ccccc3)cccn12. The molecule has 0 spiro atoms. The Balaban J connectivity index is 1.89. The average molecular weight is 254 g/mol. The summed E-state index contributed by atoms with van der Waals surface area (Å²) in [7, 11) is 0. The van der Waals surface area contributed by atoms with Crippen molar-refractivity contribution in [2.45, 2.75) is 6.61 Å². The summed E-state index contributed by atoms with van der Waals surface area (Å²) in [5.74, 6) is 0.578. The Bertz CT molecular complexity index is 709. The molecule has 3 aromatic rings. The first-order valence-corrected chi connectivity index (χ1v) is 5.72. The molecule has 0 atom stereocenters. The standard InChI is InChI=1S/C13H10N4O2/c18-16-13-15-14-12-11(7-4-8-17(12)13)19-9-10-5-2-1-3-6-10/h1-8H,9H2. The summed E-state index contributed by atoms with van der Waals surface area (Å²) in [5.41, 5.74) is 1.53. The maximum atomic E-state index is 10.6. The summed E-state index contributed by atoms with van der Waals surface area (Å²) in [6.07, 6.45) is 1.67. The molecule has 0 N–H and O–H groups in total. The van der Waals surface area contributed by atoms with Crippen molar-refractivity contribution in [3.8, 4) is 5.75 Å². The number of hydrogen-bond acceptors (Lipinski definition) is 5. The van der Waals surface area contributed by atoms with E-state index in [2.05, 4.69) is 15.4 Å². The molecule has 6 heteroatoms. The molecule has 94 valence electrons. The Labute approximate surface area is 108 Å². The van der Waals surface area contributed by atoms with Crippen molar-refractivity contribution >= 4 is 11.6 Å². The molecule has 2 heterocycles. The minimum absolute atomic E-state index is 0.0140. The number of nitroso groups, excluding NO2 is 1. The highest BCUT2D eigenvalue weighted by Crippen LogP contribution is 2.22. The summed E-state index contributed by atoms with van der Waals surface area (Å²) in [6, 6.07) is 13.3. The fourth-order valence-corrected chi connectivity index (χ4v) is 1.79. The number of fused-ring (bicyclic) bond motifs is 1. The van der Waals surface area contributed by atoms with E-state index in [9.17, 15) is 4.91 Å². The van der Waals surface area contributed by atoms with Crippen molar-refractivity contribution in [3.05, 3.63) is 59.1 Å². The number of rotatable bonds is 4. The van der Waals surface area contributed by atoms with Gasteiger partial charge in [-0.2, -0.15) is 0 Å². The van der Waals surface area contributed by atoms with E-state index in [4.69, 9.17) is 4.74 Å². The Hall–Kier alpha value is -2.76. The molecule has 0 aliphatic carbocycles. The first-order chi connectivity index (χ1) is 9.38. The summed E-state index contributed by atoms with van der Waals surface area (Å²) < 4.78 is 7.19. The van der Waals surface area contributed by atoms with Crippen LogP contribution in [0.15, 0.2) is 53.8 Å². The van der Waals surface area contributed by atoms with Crippen LogP contribution in [0.2, 0.25) is 0 Å². The second-order valence-electron chi connectivity index (χ2n) is 3.93. The van der Waals surface area contributed by atoms with Crippen molar-refractivity contribution in [2.75, 3.05) is 0 Å². The lowest BCUT2D eigenvalue weighted by Gasteiger charge is -2.06. The van der Waals surface area contributed by atoms with Crippen molar-refractivity contribution in [1.82, 2.24) is 14.6 Å². The van der Waals surface area contributed by atoms with Crippen LogP contribution in [-0.4, -0.2) is 14.6 Å². The van der Waals surface area contributed by atoms with Gasteiger partial charge in [-0.3, -0.25) is 4.40 Å². The zero-order valence-electron chi connectivity index (χ0n) is 9.93. The van der Waals surface area contributed by atoms with Gasteiger partial charge in [0.1, 0.15) is 6.61 Å². The van der Waals surface area contributed by atoms with Gasteiger partial charge in [-0.25, -0.2) is 0 Å². The molecule has 0 amide bonds. The van der Waals surface area contributed by atoms with Gasteiger partial charge >= 0.3 is 0 Å². The Kier molecular flexibility index (Phi) is 2.89. The van der Waals surface area contributed by atoms with Crippen molar-refractivity contribution in [1.29, 1.82) is 0 Å². The minimum atomic E-state index is 0.0140. The quantitative estimate of drug-likeness (QED) is 0.671. The molecule has 19 heavy (non-hydrogen) atoms. The van der Waals surface area contributed by atoms with Crippen LogP contribution in [0.5, 0.6) is 5.75 Å². The molecule has 3 rings (SSSR count). The zero-order chi connectivity index (χ0) is 13.1. The lowest BCUT2D eigenvalue weighted by atomic mass is 10.2. The van der Waals surface area contributed by atoms with Crippen LogP contribution in [0.25, 0.3) is 5.65 Å². The average Bonchev–Trinajstić information content (AvgIpc) is 2.90. The summed E-state index contributed by atoms with van der Waals surface area (Å²) in [6.45, 7) is 0.428. The molecule has 6 nitrogen and oxygen atoms in total. The Morgan fingerprint density at radius 3 is 2.74 bits per heavy atom. The van der Waals surface area contributed by atoms with Gasteiger partial charge < -0.3 is 4.74 Å². The van der Waals surface area contributed by atoms with Crippen LogP contribution < -0.4 is 4.74 Å². The molecular weight excluding hydrogens is 244 g/mol. The molecule has 0 unspecified atom stereocenters. The third-order valence-electron chi connectivity index (χ3n) is 2.70. The van der Waals surface area contributed by atoms with Crippen LogP contribution in [0.4, 0.5) is 5.95 Å². The predicted molar refractivity (Wildman–Crippen MR) is 69.2 cm³/mol. The lowest BCUT2D eigenvalue weighted by molar-refractivity contribution is 0.308. The van der Waals surface area contributed by atoms with Gasteiger partial charge in [-0.05, 0) is 17.7 Å². The van der Waals surface area contributed by atoms with Gasteiger partial charge in [0, 0.05) is 11.4 Å². The molecule has 2 aromatic heterocycles. The van der Waals surface area contributed by atoms with Crippen LogP contribution in [0.3, 0.4) is 0 Å². The molecular formula is C13H10N4O2. The third-order valence-corrected chi connectivity index (χ3v) is 2.70. The van der Waals surface area contributed by atoms with E-state index in [-0.39, 0.29) is 5.95 Å². The van der Waals surface area contributed by atoms with Crippen molar-refractivity contribution in [3.63, 3.8) is 0 Å². The lowest BCUT2D eigenvalue weighted by Crippen LogP contribution is -1.97. The number of ether oxygens (including phenoxy) is 1. The monoisotopic (exact) mass is 254 g/mol. The van der Waals surface area contributed by atoms with E-state index >= 15 is 0 Å². The summed E-state index contributed by atoms with van der Waals surface area (Å²) >= 11 is 0. The number of benzene rings is 1. The van der Waals surface area contributed by atoms with Gasteiger partial charge in [-0.1, -0.05) is 30.3 Å². The van der Waals surface area contributed by atoms with Crippen molar-refractivity contribution in [2.24, 2.45) is 5.18 Å². The molecule has 0 radical (unpaired) electrons. The fraction of sp³-hybridized carbons (Fsp3) is 0.0769. The summed E-state index contributed by atoms with van der Waals surface area (Å²) in [5, 5.41) is 10.4. The van der Waals surface area contributed by atoms with E-state index in [0.29, 0.717) is 18.0 Å². The molecule has 0 fully saturated rings. The van der Waals surface area contributed by atoms with Gasteiger partial charge in [-0.15, -0.1) is 15.1 Å². The van der Waals surface area contributed by atoms with Crippen LogP contribution in [-0.2, 0) is 6.61 Å². The normalized spacial score (nSPS) is 10.5. The third kappa shape index (κ3) is 2.15. The number of nitrogens with zero attached hydrogens (tertiary/aromatic N) is 4. The number of hydrogen-bond donors (Lipinski definition) is 0. The topological polar surface area (TPSA) is 68.8 Å². The fourth-order valence-electron chi connectivity index (χ4n) is 1.79. The van der Waals surface area contributed by atoms with Gasteiger partial charge in [0.05, 0.1) is 0 Å². The second kappa shape index (κ2) is 4.85. The van der Waals surface area contributed by atoms with E-state index in [1.165, 1.54) is 4.40 Å². The molecule has 0 saturated heterocycles. The first-order valence-electron chi connectivity index (χ1n) is 5.72.